The number of nitrogens with zero attached hydrogens (tertiary/aromatic N) is 3. The lowest BCUT2D eigenvalue weighted by atomic mass is 9.82. The summed E-state index contributed by atoms with van der Waals surface area (Å²) >= 11 is 0. The fourth-order valence-corrected chi connectivity index (χ4v) is 6.76. The number of hydrogen-bond donors (Lipinski definition) is 2. The molecule has 2 aliphatic rings. The van der Waals surface area contributed by atoms with Crippen LogP contribution >= 0.6 is 0 Å². The Labute approximate surface area is 296 Å². The third-order valence-electron chi connectivity index (χ3n) is 9.63. The van der Waals surface area contributed by atoms with Crippen molar-refractivity contribution in [1.82, 2.24) is 4.90 Å². The molecule has 0 saturated heterocycles. The Hall–Kier alpha value is -4.79. The average molecular weight is 676 g/mol. The van der Waals surface area contributed by atoms with Crippen LogP contribution in [-0.4, -0.2) is 52.5 Å². The first kappa shape index (κ1) is 36.5. The first-order chi connectivity index (χ1) is 24.0. The van der Waals surface area contributed by atoms with E-state index in [-0.39, 0.29) is 31.4 Å². The van der Waals surface area contributed by atoms with E-state index < -0.39 is 17.4 Å². The number of carbonyl (C=O) groups excluding carboxylic acids is 3. The number of aliphatic hydroxyl groups excluding tert-OH is 1. The molecule has 0 unspecified atom stereocenters. The Morgan fingerprint density at radius 1 is 0.960 bits per heavy atom. The molecular weight excluding hydrogens is 626 g/mol. The Kier molecular flexibility index (Phi) is 11.9. The van der Waals surface area contributed by atoms with E-state index in [1.165, 1.54) is 5.57 Å². The van der Waals surface area contributed by atoms with Gasteiger partial charge < -0.3 is 20.0 Å². The maximum atomic E-state index is 14.3. The number of aliphatic hydroxyl groups is 2. The molecule has 0 radical (unpaired) electrons. The van der Waals surface area contributed by atoms with Gasteiger partial charge in [-0.2, -0.15) is 0 Å². The highest BCUT2D eigenvalue weighted by atomic mass is 16.3. The van der Waals surface area contributed by atoms with Gasteiger partial charge in [-0.3, -0.25) is 19.3 Å². The largest absolute Gasteiger partial charge is 0.395 e. The zero-order chi connectivity index (χ0) is 35.8. The van der Waals surface area contributed by atoms with Crippen LogP contribution in [0, 0.1) is 5.92 Å². The summed E-state index contributed by atoms with van der Waals surface area (Å²) < 4.78 is 0. The summed E-state index contributed by atoms with van der Waals surface area (Å²) in [5.74, 6) is -1.36. The van der Waals surface area contributed by atoms with Crippen LogP contribution in [0.5, 0.6) is 0 Å². The van der Waals surface area contributed by atoms with Gasteiger partial charge in [0.05, 0.1) is 18.0 Å². The molecule has 0 aromatic heterocycles. The minimum absolute atomic E-state index is 0.0438. The lowest BCUT2D eigenvalue weighted by molar-refractivity contribution is -0.139. The number of amides is 3. The number of para-hydroxylation sites is 1. The highest BCUT2D eigenvalue weighted by molar-refractivity contribution is 6.09. The van der Waals surface area contributed by atoms with Crippen LogP contribution in [0.4, 0.5) is 17.1 Å². The van der Waals surface area contributed by atoms with E-state index in [2.05, 4.69) is 26.8 Å². The van der Waals surface area contributed by atoms with Crippen molar-refractivity contribution in [3.05, 3.63) is 125 Å². The fourth-order valence-electron chi connectivity index (χ4n) is 6.76. The third kappa shape index (κ3) is 7.98. The highest BCUT2D eigenvalue weighted by Crippen LogP contribution is 2.48. The van der Waals surface area contributed by atoms with Gasteiger partial charge in [-0.15, -0.1) is 0 Å². The van der Waals surface area contributed by atoms with Gasteiger partial charge in [0.25, 0.3) is 5.91 Å². The monoisotopic (exact) mass is 675 g/mol. The second-order valence-corrected chi connectivity index (χ2v) is 13.6. The van der Waals surface area contributed by atoms with Gasteiger partial charge in [0.15, 0.2) is 5.60 Å². The van der Waals surface area contributed by atoms with Crippen LogP contribution in [0.15, 0.2) is 108 Å². The molecule has 8 nitrogen and oxygen atoms in total. The molecule has 2 aliphatic heterocycles. The van der Waals surface area contributed by atoms with Crippen LogP contribution in [0.1, 0.15) is 70.1 Å². The molecule has 3 aromatic carbocycles. The Morgan fingerprint density at radius 2 is 1.70 bits per heavy atom. The number of aryl methyl sites for hydroxylation is 1. The van der Waals surface area contributed by atoms with E-state index in [1.54, 1.807) is 39.8 Å². The van der Waals surface area contributed by atoms with Crippen LogP contribution < -0.4 is 9.80 Å². The van der Waals surface area contributed by atoms with Crippen LogP contribution in [0.3, 0.4) is 0 Å². The Balaban J connectivity index is 1.44. The number of rotatable bonds is 14. The summed E-state index contributed by atoms with van der Waals surface area (Å²) in [5, 5.41) is 22.1. The molecule has 0 saturated carbocycles. The molecule has 0 aliphatic carbocycles. The summed E-state index contributed by atoms with van der Waals surface area (Å²) in [4.78, 5) is 45.8. The smallest absolute Gasteiger partial charge is 0.264 e. The molecule has 2 N–H and O–H groups in total. The van der Waals surface area contributed by atoms with Crippen molar-refractivity contribution in [1.29, 1.82) is 0 Å². The maximum absolute atomic E-state index is 14.3. The third-order valence-corrected chi connectivity index (χ3v) is 9.63. The SMILES string of the molecule is CC(C)=CCC/C(C)=C/CN1C(=O)[C@](O)([C@H](C)/C=C/CC(=O)N(CCO)Cc2ccccc2)c2cc(N3C(=O)CCc4ccccc43)ccc21. The summed E-state index contributed by atoms with van der Waals surface area (Å²) in [6.07, 6.45) is 10.5. The fraction of sp³-hybridized carbons (Fsp3) is 0.357. The van der Waals surface area contributed by atoms with Crippen molar-refractivity contribution in [3.8, 4) is 0 Å². The van der Waals surface area contributed by atoms with E-state index in [0.29, 0.717) is 42.9 Å². The van der Waals surface area contributed by atoms with Crippen molar-refractivity contribution in [2.45, 2.75) is 71.9 Å². The summed E-state index contributed by atoms with van der Waals surface area (Å²) in [6, 6.07) is 22.9. The van der Waals surface area contributed by atoms with Gasteiger partial charge >= 0.3 is 0 Å². The van der Waals surface area contributed by atoms with E-state index in [9.17, 15) is 24.6 Å². The number of hydrogen-bond acceptors (Lipinski definition) is 5. The zero-order valence-electron chi connectivity index (χ0n) is 29.6. The number of allylic oxidation sites excluding steroid dienone is 3. The molecule has 50 heavy (non-hydrogen) atoms. The van der Waals surface area contributed by atoms with Crippen molar-refractivity contribution in [2.75, 3.05) is 29.5 Å². The average Bonchev–Trinajstić information content (AvgIpc) is 3.32. The summed E-state index contributed by atoms with van der Waals surface area (Å²) in [7, 11) is 0. The zero-order valence-corrected chi connectivity index (χ0v) is 29.6. The van der Waals surface area contributed by atoms with Crippen molar-refractivity contribution < 1.29 is 24.6 Å². The van der Waals surface area contributed by atoms with Gasteiger partial charge in [-0.05, 0) is 75.4 Å². The number of anilines is 3. The topological polar surface area (TPSA) is 101 Å². The first-order valence-electron chi connectivity index (χ1n) is 17.5. The predicted molar refractivity (Wildman–Crippen MR) is 199 cm³/mol. The van der Waals surface area contributed by atoms with Gasteiger partial charge in [-0.25, -0.2) is 0 Å². The molecule has 0 fully saturated rings. The van der Waals surface area contributed by atoms with E-state index in [1.807, 2.05) is 72.8 Å². The second kappa shape index (κ2) is 16.3. The van der Waals surface area contributed by atoms with Gasteiger partial charge in [0, 0.05) is 49.6 Å². The van der Waals surface area contributed by atoms with Crippen LogP contribution in [0.25, 0.3) is 0 Å². The molecule has 262 valence electrons. The van der Waals surface area contributed by atoms with E-state index in [0.717, 1.165) is 35.2 Å². The quantitative estimate of drug-likeness (QED) is 0.177. The Morgan fingerprint density at radius 3 is 2.44 bits per heavy atom. The number of carbonyl (C=O) groups is 3. The molecule has 2 heterocycles. The first-order valence-corrected chi connectivity index (χ1v) is 17.5. The van der Waals surface area contributed by atoms with Crippen LogP contribution in [-0.2, 0) is 33.0 Å². The van der Waals surface area contributed by atoms with E-state index in [4.69, 9.17) is 0 Å². The predicted octanol–water partition coefficient (Wildman–Crippen LogP) is 7.13. The molecule has 3 amide bonds. The lowest BCUT2D eigenvalue weighted by Gasteiger charge is -2.31. The maximum Gasteiger partial charge on any atom is 0.264 e. The van der Waals surface area contributed by atoms with Gasteiger partial charge in [0.2, 0.25) is 11.8 Å². The molecule has 5 rings (SSSR count). The van der Waals surface area contributed by atoms with Gasteiger partial charge in [0.1, 0.15) is 0 Å². The molecule has 0 bridgehead atoms. The minimum Gasteiger partial charge on any atom is -0.395 e. The molecule has 2 atom stereocenters. The number of benzene rings is 3. The number of fused-ring (bicyclic) bond motifs is 2. The molecule has 0 spiro atoms. The van der Waals surface area contributed by atoms with Crippen molar-refractivity contribution in [3.63, 3.8) is 0 Å². The van der Waals surface area contributed by atoms with Crippen molar-refractivity contribution >= 4 is 34.8 Å². The molecular formula is C42H49N3O5. The van der Waals surface area contributed by atoms with E-state index >= 15 is 0 Å². The Bertz CT molecular complexity index is 1790. The minimum atomic E-state index is -1.93. The molecule has 8 heteroatoms. The molecule has 3 aromatic rings. The van der Waals surface area contributed by atoms with Crippen molar-refractivity contribution in [2.24, 2.45) is 5.92 Å². The highest BCUT2D eigenvalue weighted by Gasteiger charge is 2.52. The second-order valence-electron chi connectivity index (χ2n) is 13.6. The normalized spacial score (nSPS) is 17.9. The standard InChI is InChI=1S/C42H49N3O5/c1-30(2)12-10-13-31(3)24-25-44-38-22-21-35(45-37-18-9-8-17-34(37)20-23-40(45)48)28-36(38)42(50,41(44)49)32(4)14-11-19-39(47)43(26-27-46)29-33-15-6-5-7-16-33/h5-9,11-12,14-18,21-22,24,28,32,46,50H,10,13,19-20,23,25-27,29H2,1-4H3/b14-11+,31-24+/t32-,42+/m1/s1. The summed E-state index contributed by atoms with van der Waals surface area (Å²) in [6.45, 7) is 8.68. The van der Waals surface area contributed by atoms with Gasteiger partial charge in [-0.1, -0.05) is 90.9 Å². The summed E-state index contributed by atoms with van der Waals surface area (Å²) in [5.41, 5.74) is 4.93. The lowest BCUT2D eigenvalue weighted by Crippen LogP contribution is -2.44. The van der Waals surface area contributed by atoms with Crippen LogP contribution in [0.2, 0.25) is 0 Å².